The number of thiocarbonyl (C=S) groups is 1. The Morgan fingerprint density at radius 2 is 2.15 bits per heavy atom. The Bertz CT molecular complexity index is 326. The largest absolute Gasteiger partial charge is 0.496 e. The highest BCUT2D eigenvalue weighted by Gasteiger charge is 2.01. The van der Waals surface area contributed by atoms with Crippen molar-refractivity contribution in [2.24, 2.45) is 4.99 Å². The maximum Gasteiger partial charge on any atom is 0.218 e. The topological polar surface area (TPSA) is 43.7 Å². The molecule has 13 heavy (non-hydrogen) atoms. The number of ether oxygens (including phenoxy) is 2. The van der Waals surface area contributed by atoms with E-state index < -0.39 is 0 Å². The lowest BCUT2D eigenvalue weighted by Crippen LogP contribution is -1.89. The fourth-order valence-electron chi connectivity index (χ4n) is 0.795. The van der Waals surface area contributed by atoms with Crippen LogP contribution < -0.4 is 9.47 Å². The van der Waals surface area contributed by atoms with E-state index >= 15 is 0 Å². The molecule has 0 aromatic carbocycles. The normalized spacial score (nSPS) is 8.77. The predicted molar refractivity (Wildman–Crippen MR) is 52.0 cm³/mol. The van der Waals surface area contributed by atoms with Crippen LogP contribution in [0.15, 0.2) is 17.1 Å². The SMILES string of the molecule is COc1cc(N=C=S)nc(OC)c1. The molecule has 68 valence electrons. The first-order valence-electron chi connectivity index (χ1n) is 3.48. The van der Waals surface area contributed by atoms with Crippen LogP contribution in [0.5, 0.6) is 11.6 Å². The fourth-order valence-corrected chi connectivity index (χ4v) is 0.888. The van der Waals surface area contributed by atoms with Gasteiger partial charge in [-0.05, 0) is 12.2 Å². The molecule has 1 heterocycles. The van der Waals surface area contributed by atoms with Crippen LogP contribution in [0.4, 0.5) is 5.82 Å². The summed E-state index contributed by atoms with van der Waals surface area (Å²) in [5, 5.41) is 2.22. The molecule has 0 aliphatic heterocycles. The molecule has 0 spiro atoms. The molecule has 1 rings (SSSR count). The zero-order valence-corrected chi connectivity index (χ0v) is 8.09. The molecule has 0 bridgehead atoms. The van der Waals surface area contributed by atoms with Crippen molar-refractivity contribution in [2.75, 3.05) is 14.2 Å². The van der Waals surface area contributed by atoms with E-state index in [0.29, 0.717) is 17.4 Å². The van der Waals surface area contributed by atoms with E-state index in [-0.39, 0.29) is 0 Å². The molecule has 0 amide bonds. The van der Waals surface area contributed by atoms with Crippen LogP contribution in [0.25, 0.3) is 0 Å². The summed E-state index contributed by atoms with van der Waals surface area (Å²) in [5.74, 6) is 1.48. The Morgan fingerprint density at radius 1 is 1.38 bits per heavy atom. The number of isothiocyanates is 1. The van der Waals surface area contributed by atoms with Crippen LogP contribution in [-0.4, -0.2) is 24.4 Å². The first-order chi connectivity index (χ1) is 6.30. The lowest BCUT2D eigenvalue weighted by Gasteiger charge is -2.03. The zero-order chi connectivity index (χ0) is 9.68. The third-order valence-corrected chi connectivity index (χ3v) is 1.46. The standard InChI is InChI=1S/C8H8N2O2S/c1-11-6-3-7(9-5-13)10-8(4-6)12-2/h3-4H,1-2H3. The van der Waals surface area contributed by atoms with Gasteiger partial charge in [0.05, 0.1) is 19.4 Å². The second-order valence-corrected chi connectivity index (χ2v) is 2.29. The first-order valence-corrected chi connectivity index (χ1v) is 3.89. The molecule has 1 aromatic heterocycles. The van der Waals surface area contributed by atoms with E-state index in [1.54, 1.807) is 19.2 Å². The molecular weight excluding hydrogens is 188 g/mol. The van der Waals surface area contributed by atoms with E-state index in [4.69, 9.17) is 9.47 Å². The average molecular weight is 196 g/mol. The maximum absolute atomic E-state index is 5.00. The van der Waals surface area contributed by atoms with Crippen molar-refractivity contribution in [3.8, 4) is 11.6 Å². The molecule has 0 aliphatic carbocycles. The number of aliphatic imine (C=N–C) groups is 1. The van der Waals surface area contributed by atoms with E-state index in [1.807, 2.05) is 0 Å². The van der Waals surface area contributed by atoms with Crippen molar-refractivity contribution in [1.29, 1.82) is 0 Å². The second kappa shape index (κ2) is 4.54. The molecule has 0 fully saturated rings. The molecule has 0 unspecified atom stereocenters. The van der Waals surface area contributed by atoms with Gasteiger partial charge in [0, 0.05) is 12.1 Å². The van der Waals surface area contributed by atoms with Crippen LogP contribution in [0, 0.1) is 0 Å². The van der Waals surface area contributed by atoms with Gasteiger partial charge in [0.15, 0.2) is 5.82 Å². The Balaban J connectivity index is 3.14. The van der Waals surface area contributed by atoms with Gasteiger partial charge in [-0.25, -0.2) is 0 Å². The van der Waals surface area contributed by atoms with Gasteiger partial charge in [0.2, 0.25) is 5.88 Å². The van der Waals surface area contributed by atoms with Crippen LogP contribution in [0.3, 0.4) is 0 Å². The summed E-state index contributed by atoms with van der Waals surface area (Å²) in [6.07, 6.45) is 0. The molecule has 0 atom stereocenters. The first kappa shape index (κ1) is 9.64. The third kappa shape index (κ3) is 2.50. The van der Waals surface area contributed by atoms with Crippen molar-refractivity contribution in [3.63, 3.8) is 0 Å². The quantitative estimate of drug-likeness (QED) is 0.546. The minimum Gasteiger partial charge on any atom is -0.496 e. The number of methoxy groups -OCH3 is 2. The zero-order valence-electron chi connectivity index (χ0n) is 7.27. The lowest BCUT2D eigenvalue weighted by atomic mass is 10.4. The molecule has 4 nitrogen and oxygen atoms in total. The molecule has 0 saturated carbocycles. The monoisotopic (exact) mass is 196 g/mol. The Kier molecular flexibility index (Phi) is 3.37. The number of hydrogen-bond acceptors (Lipinski definition) is 5. The van der Waals surface area contributed by atoms with Crippen LogP contribution >= 0.6 is 12.2 Å². The number of aromatic nitrogens is 1. The van der Waals surface area contributed by atoms with Crippen LogP contribution in [0.1, 0.15) is 0 Å². The minimum absolute atomic E-state index is 0.422. The van der Waals surface area contributed by atoms with Gasteiger partial charge in [-0.3, -0.25) is 0 Å². The summed E-state index contributed by atoms with van der Waals surface area (Å²) in [4.78, 5) is 7.71. The molecule has 1 aromatic rings. The van der Waals surface area contributed by atoms with Crippen molar-refractivity contribution < 1.29 is 9.47 Å². The number of hydrogen-bond donors (Lipinski definition) is 0. The Hall–Kier alpha value is -1.45. The van der Waals surface area contributed by atoms with E-state index in [0.717, 1.165) is 0 Å². The molecule has 0 saturated heterocycles. The van der Waals surface area contributed by atoms with E-state index in [2.05, 4.69) is 27.4 Å². The van der Waals surface area contributed by atoms with E-state index in [9.17, 15) is 0 Å². The second-order valence-electron chi connectivity index (χ2n) is 2.11. The summed E-state index contributed by atoms with van der Waals surface area (Å²) in [5.41, 5.74) is 0. The van der Waals surface area contributed by atoms with Gasteiger partial charge >= 0.3 is 0 Å². The minimum atomic E-state index is 0.422. The molecule has 0 aliphatic rings. The number of nitrogens with zero attached hydrogens (tertiary/aromatic N) is 2. The molecule has 0 radical (unpaired) electrons. The summed E-state index contributed by atoms with van der Waals surface area (Å²) >= 11 is 4.45. The summed E-state index contributed by atoms with van der Waals surface area (Å²) < 4.78 is 9.93. The highest BCUT2D eigenvalue weighted by molar-refractivity contribution is 7.78. The van der Waals surface area contributed by atoms with Crippen LogP contribution in [-0.2, 0) is 0 Å². The van der Waals surface area contributed by atoms with Gasteiger partial charge in [-0.15, -0.1) is 0 Å². The smallest absolute Gasteiger partial charge is 0.218 e. The molecular formula is C8H8N2O2S. The van der Waals surface area contributed by atoms with Crippen molar-refractivity contribution in [1.82, 2.24) is 4.98 Å². The van der Waals surface area contributed by atoms with Gasteiger partial charge in [-0.2, -0.15) is 9.98 Å². The third-order valence-electron chi connectivity index (χ3n) is 1.37. The van der Waals surface area contributed by atoms with Gasteiger partial charge in [0.25, 0.3) is 0 Å². The van der Waals surface area contributed by atoms with Gasteiger partial charge in [0.1, 0.15) is 5.75 Å². The predicted octanol–water partition coefficient (Wildman–Crippen LogP) is 1.83. The van der Waals surface area contributed by atoms with Gasteiger partial charge < -0.3 is 9.47 Å². The Morgan fingerprint density at radius 3 is 2.69 bits per heavy atom. The molecule has 5 heteroatoms. The average Bonchev–Trinajstić information content (AvgIpc) is 2.17. The summed E-state index contributed by atoms with van der Waals surface area (Å²) in [7, 11) is 3.08. The number of pyridine rings is 1. The van der Waals surface area contributed by atoms with Crippen molar-refractivity contribution in [3.05, 3.63) is 12.1 Å². The van der Waals surface area contributed by atoms with E-state index in [1.165, 1.54) is 7.11 Å². The van der Waals surface area contributed by atoms with Crippen molar-refractivity contribution in [2.45, 2.75) is 0 Å². The Labute approximate surface area is 81.2 Å². The summed E-state index contributed by atoms with van der Waals surface area (Å²) in [6, 6.07) is 3.30. The molecule has 0 N–H and O–H groups in total. The number of rotatable bonds is 3. The lowest BCUT2D eigenvalue weighted by molar-refractivity contribution is 0.383. The maximum atomic E-state index is 5.00. The fraction of sp³-hybridized carbons (Fsp3) is 0.250. The highest BCUT2D eigenvalue weighted by atomic mass is 32.1. The van der Waals surface area contributed by atoms with Crippen molar-refractivity contribution >= 4 is 23.2 Å². The van der Waals surface area contributed by atoms with Gasteiger partial charge in [-0.1, -0.05) is 0 Å². The highest BCUT2D eigenvalue weighted by Crippen LogP contribution is 2.22. The van der Waals surface area contributed by atoms with Crippen LogP contribution in [0.2, 0.25) is 0 Å². The summed E-state index contributed by atoms with van der Waals surface area (Å²) in [6.45, 7) is 0.